The van der Waals surface area contributed by atoms with Crippen molar-refractivity contribution in [1.82, 2.24) is 9.13 Å². The number of hydrogen-bond donors (Lipinski definition) is 2. The Bertz CT molecular complexity index is 1390. The summed E-state index contributed by atoms with van der Waals surface area (Å²) in [6.07, 6.45) is 0. The van der Waals surface area contributed by atoms with E-state index >= 15 is 0 Å². The maximum Gasteiger partial charge on any atom is 0.328 e. The van der Waals surface area contributed by atoms with Gasteiger partial charge in [-0.2, -0.15) is 0 Å². The smallest absolute Gasteiger partial charge is 0.328 e. The summed E-state index contributed by atoms with van der Waals surface area (Å²) in [5.41, 5.74) is 2.50. The van der Waals surface area contributed by atoms with E-state index in [9.17, 15) is 14.4 Å². The molecular formula is C24H22N4O4. The highest BCUT2D eigenvalue weighted by Gasteiger charge is 2.16. The lowest BCUT2D eigenvalue weighted by Gasteiger charge is -2.14. The summed E-state index contributed by atoms with van der Waals surface area (Å²) >= 11 is 0. The minimum atomic E-state index is -0.510. The van der Waals surface area contributed by atoms with E-state index in [0.717, 1.165) is 0 Å². The number of ketones is 1. The third-order valence-electron chi connectivity index (χ3n) is 5.12. The quantitative estimate of drug-likeness (QED) is 0.455. The average Bonchev–Trinajstić information content (AvgIpc) is 2.98. The van der Waals surface area contributed by atoms with E-state index in [0.29, 0.717) is 39.5 Å². The van der Waals surface area contributed by atoms with E-state index < -0.39 is 6.03 Å². The minimum Gasteiger partial charge on any atom is -0.455 e. The number of para-hydroxylation sites is 1. The van der Waals surface area contributed by atoms with E-state index in [4.69, 9.17) is 4.74 Å². The van der Waals surface area contributed by atoms with Crippen molar-refractivity contribution < 1.29 is 14.3 Å². The number of aryl methyl sites for hydroxylation is 2. The molecule has 0 unspecified atom stereocenters. The molecule has 0 aliphatic rings. The van der Waals surface area contributed by atoms with Gasteiger partial charge in [-0.1, -0.05) is 30.3 Å². The highest BCUT2D eigenvalue weighted by molar-refractivity contribution is 6.03. The fourth-order valence-electron chi connectivity index (χ4n) is 3.42. The number of carbonyl (C=O) groups excluding carboxylic acids is 2. The van der Waals surface area contributed by atoms with Crippen LogP contribution < -0.4 is 21.1 Å². The van der Waals surface area contributed by atoms with Crippen LogP contribution in [0.25, 0.3) is 11.0 Å². The van der Waals surface area contributed by atoms with E-state index in [1.807, 2.05) is 18.2 Å². The zero-order valence-electron chi connectivity index (χ0n) is 17.9. The summed E-state index contributed by atoms with van der Waals surface area (Å²) < 4.78 is 9.03. The summed E-state index contributed by atoms with van der Waals surface area (Å²) in [6, 6.07) is 18.7. The molecule has 0 fully saturated rings. The first-order valence-corrected chi connectivity index (χ1v) is 9.95. The lowest BCUT2D eigenvalue weighted by atomic mass is 10.1. The molecule has 0 saturated carbocycles. The summed E-state index contributed by atoms with van der Waals surface area (Å²) in [6.45, 7) is 1.46. The maximum atomic E-state index is 12.7. The van der Waals surface area contributed by atoms with E-state index in [1.165, 1.54) is 16.1 Å². The standard InChI is InChI=1S/C24H22N4O4/c1-15(29)16-8-7-9-17(12-16)25-23(30)26-19-13-20-21(28(3)24(31)27(20)2)14-22(19)32-18-10-5-4-6-11-18/h4-14H,1-3H3,(H2,25,26,30). The summed E-state index contributed by atoms with van der Waals surface area (Å²) in [4.78, 5) is 36.7. The van der Waals surface area contributed by atoms with Crippen molar-refractivity contribution >= 4 is 34.2 Å². The molecule has 0 aliphatic heterocycles. The second-order valence-corrected chi connectivity index (χ2v) is 7.37. The lowest BCUT2D eigenvalue weighted by molar-refractivity contribution is 0.101. The molecule has 3 aromatic carbocycles. The van der Waals surface area contributed by atoms with Crippen LogP contribution in [-0.4, -0.2) is 20.9 Å². The van der Waals surface area contributed by atoms with Gasteiger partial charge in [-0.3, -0.25) is 13.9 Å². The van der Waals surface area contributed by atoms with Gasteiger partial charge in [0.25, 0.3) is 0 Å². The second-order valence-electron chi connectivity index (χ2n) is 7.37. The van der Waals surface area contributed by atoms with Crippen molar-refractivity contribution in [2.45, 2.75) is 6.92 Å². The van der Waals surface area contributed by atoms with Gasteiger partial charge in [0.1, 0.15) is 5.75 Å². The number of benzene rings is 3. The lowest BCUT2D eigenvalue weighted by Crippen LogP contribution is -2.20. The van der Waals surface area contributed by atoms with Crippen LogP contribution in [0, 0.1) is 0 Å². The second kappa shape index (κ2) is 8.43. The molecule has 0 atom stereocenters. The number of imidazole rings is 1. The zero-order valence-corrected chi connectivity index (χ0v) is 17.9. The SMILES string of the molecule is CC(=O)c1cccc(NC(=O)Nc2cc3c(cc2Oc2ccccc2)n(C)c(=O)n3C)c1. The molecule has 162 valence electrons. The highest BCUT2D eigenvalue weighted by atomic mass is 16.5. The number of aromatic nitrogens is 2. The Morgan fingerprint density at radius 1 is 0.844 bits per heavy atom. The monoisotopic (exact) mass is 430 g/mol. The van der Waals surface area contributed by atoms with Gasteiger partial charge in [0.15, 0.2) is 11.5 Å². The summed E-state index contributed by atoms with van der Waals surface area (Å²) in [5, 5.41) is 5.52. The number of Topliss-reactive ketones (excluding diaryl/α,β-unsaturated/α-hetero) is 1. The first kappa shape index (κ1) is 20.9. The van der Waals surface area contributed by atoms with Crippen molar-refractivity contribution in [1.29, 1.82) is 0 Å². The number of carbonyl (C=O) groups is 2. The molecule has 8 heteroatoms. The zero-order chi connectivity index (χ0) is 22.8. The third-order valence-corrected chi connectivity index (χ3v) is 5.12. The largest absolute Gasteiger partial charge is 0.455 e. The number of hydrogen-bond acceptors (Lipinski definition) is 4. The first-order valence-electron chi connectivity index (χ1n) is 9.95. The van der Waals surface area contributed by atoms with Crippen LogP contribution in [0.4, 0.5) is 16.2 Å². The van der Waals surface area contributed by atoms with Crippen LogP contribution in [0.1, 0.15) is 17.3 Å². The van der Waals surface area contributed by atoms with Crippen LogP contribution in [0.2, 0.25) is 0 Å². The van der Waals surface area contributed by atoms with Crippen molar-refractivity contribution in [3.63, 3.8) is 0 Å². The van der Waals surface area contributed by atoms with Crippen LogP contribution in [0.15, 0.2) is 71.5 Å². The predicted molar refractivity (Wildman–Crippen MR) is 124 cm³/mol. The van der Waals surface area contributed by atoms with E-state index in [-0.39, 0.29) is 11.5 Å². The molecule has 4 rings (SSSR count). The Morgan fingerprint density at radius 2 is 1.53 bits per heavy atom. The van der Waals surface area contributed by atoms with Gasteiger partial charge in [-0.05, 0) is 37.3 Å². The van der Waals surface area contributed by atoms with Gasteiger partial charge in [0, 0.05) is 31.4 Å². The van der Waals surface area contributed by atoms with Crippen molar-refractivity contribution in [3.8, 4) is 11.5 Å². The fourth-order valence-corrected chi connectivity index (χ4v) is 3.42. The Labute approximate surface area is 184 Å². The van der Waals surface area contributed by atoms with Crippen LogP contribution in [-0.2, 0) is 14.1 Å². The van der Waals surface area contributed by atoms with E-state index in [1.54, 1.807) is 62.6 Å². The number of rotatable bonds is 5. The molecule has 0 saturated heterocycles. The molecule has 1 heterocycles. The number of nitrogens with one attached hydrogen (secondary N) is 2. The molecule has 32 heavy (non-hydrogen) atoms. The van der Waals surface area contributed by atoms with Crippen LogP contribution >= 0.6 is 0 Å². The van der Waals surface area contributed by atoms with Crippen molar-refractivity contribution in [3.05, 3.63) is 82.8 Å². The number of fused-ring (bicyclic) bond motifs is 1. The van der Waals surface area contributed by atoms with E-state index in [2.05, 4.69) is 10.6 Å². The molecule has 2 amide bonds. The van der Waals surface area contributed by atoms with Crippen LogP contribution in [0.5, 0.6) is 11.5 Å². The third kappa shape index (κ3) is 4.11. The molecule has 2 N–H and O–H groups in total. The minimum absolute atomic E-state index is 0.0944. The van der Waals surface area contributed by atoms with Gasteiger partial charge < -0.3 is 15.4 Å². The van der Waals surface area contributed by atoms with Gasteiger partial charge in [-0.25, -0.2) is 9.59 Å². The van der Waals surface area contributed by atoms with Gasteiger partial charge in [0.05, 0.1) is 16.7 Å². The average molecular weight is 430 g/mol. The molecule has 0 bridgehead atoms. The number of ether oxygens (including phenoxy) is 1. The number of anilines is 2. The summed E-state index contributed by atoms with van der Waals surface area (Å²) in [7, 11) is 3.35. The molecular weight excluding hydrogens is 408 g/mol. The van der Waals surface area contributed by atoms with Crippen molar-refractivity contribution in [2.24, 2.45) is 14.1 Å². The molecule has 1 aromatic heterocycles. The first-order chi connectivity index (χ1) is 15.3. The molecule has 0 radical (unpaired) electrons. The number of urea groups is 1. The molecule has 0 spiro atoms. The summed E-state index contributed by atoms with van der Waals surface area (Å²) in [5.74, 6) is 0.881. The number of nitrogens with zero attached hydrogens (tertiary/aromatic N) is 2. The van der Waals surface area contributed by atoms with Crippen LogP contribution in [0.3, 0.4) is 0 Å². The molecule has 8 nitrogen and oxygen atoms in total. The highest BCUT2D eigenvalue weighted by Crippen LogP contribution is 2.33. The predicted octanol–water partition coefficient (Wildman–Crippen LogP) is 4.52. The Kier molecular flexibility index (Phi) is 5.51. The molecule has 0 aliphatic carbocycles. The Balaban J connectivity index is 1.69. The van der Waals surface area contributed by atoms with Crippen molar-refractivity contribution in [2.75, 3.05) is 10.6 Å². The Morgan fingerprint density at radius 3 is 2.22 bits per heavy atom. The Hall–Kier alpha value is -4.33. The number of amides is 2. The normalized spacial score (nSPS) is 10.7. The van der Waals surface area contributed by atoms with Gasteiger partial charge in [0.2, 0.25) is 0 Å². The topological polar surface area (TPSA) is 94.4 Å². The molecule has 4 aromatic rings. The van der Waals surface area contributed by atoms with Gasteiger partial charge >= 0.3 is 11.7 Å². The fraction of sp³-hybridized carbons (Fsp3) is 0.125. The van der Waals surface area contributed by atoms with Gasteiger partial charge in [-0.15, -0.1) is 0 Å². The maximum absolute atomic E-state index is 12.7.